The molecule has 0 unspecified atom stereocenters. The lowest BCUT2D eigenvalue weighted by molar-refractivity contribution is 0.545. The van der Waals surface area contributed by atoms with Crippen molar-refractivity contribution in [2.24, 2.45) is 5.73 Å². The van der Waals surface area contributed by atoms with E-state index in [9.17, 15) is 0 Å². The Kier molecular flexibility index (Phi) is 4.28. The molecule has 3 nitrogen and oxygen atoms in total. The van der Waals surface area contributed by atoms with Crippen LogP contribution in [0.3, 0.4) is 0 Å². The molecule has 0 spiro atoms. The highest BCUT2D eigenvalue weighted by Gasteiger charge is 2.18. The summed E-state index contributed by atoms with van der Waals surface area (Å²) in [5, 5.41) is 8.82. The zero-order chi connectivity index (χ0) is 13.0. The standard InChI is InChI=1S/C14H16ClN3/c1-10(16)13(14-3-2-8-17-18-14)9-11-4-6-12(15)7-5-11/h2-8,10,13H,9,16H2,1H3/t10-,13-/m0/s1. The third-order valence-corrected chi connectivity index (χ3v) is 3.23. The average molecular weight is 262 g/mol. The molecule has 1 aromatic heterocycles. The van der Waals surface area contributed by atoms with Gasteiger partial charge in [0.1, 0.15) is 0 Å². The molecule has 0 aliphatic rings. The van der Waals surface area contributed by atoms with Gasteiger partial charge in [-0.2, -0.15) is 10.2 Å². The van der Waals surface area contributed by atoms with Gasteiger partial charge in [-0.1, -0.05) is 23.7 Å². The van der Waals surface area contributed by atoms with Gasteiger partial charge >= 0.3 is 0 Å². The molecule has 1 aromatic carbocycles. The van der Waals surface area contributed by atoms with Gasteiger partial charge in [0.15, 0.2) is 0 Å². The number of nitrogens with two attached hydrogens (primary N) is 1. The van der Waals surface area contributed by atoms with Crippen LogP contribution < -0.4 is 5.73 Å². The van der Waals surface area contributed by atoms with Crippen molar-refractivity contribution in [1.29, 1.82) is 0 Å². The van der Waals surface area contributed by atoms with Gasteiger partial charge in [-0.25, -0.2) is 0 Å². The van der Waals surface area contributed by atoms with E-state index in [-0.39, 0.29) is 12.0 Å². The highest BCUT2D eigenvalue weighted by Crippen LogP contribution is 2.22. The fourth-order valence-electron chi connectivity index (χ4n) is 1.95. The summed E-state index contributed by atoms with van der Waals surface area (Å²) in [4.78, 5) is 0. The van der Waals surface area contributed by atoms with Crippen LogP contribution in [0.15, 0.2) is 42.6 Å². The maximum Gasteiger partial charge on any atom is 0.0680 e. The first-order valence-corrected chi connectivity index (χ1v) is 6.32. The maximum absolute atomic E-state index is 6.05. The number of halogens is 1. The van der Waals surface area contributed by atoms with Crippen LogP contribution in [0.25, 0.3) is 0 Å². The molecule has 0 saturated carbocycles. The van der Waals surface area contributed by atoms with Crippen LogP contribution in [0.4, 0.5) is 0 Å². The van der Waals surface area contributed by atoms with Gasteiger partial charge in [0, 0.05) is 23.2 Å². The van der Waals surface area contributed by atoms with E-state index in [0.717, 1.165) is 17.1 Å². The van der Waals surface area contributed by atoms with E-state index in [4.69, 9.17) is 17.3 Å². The zero-order valence-electron chi connectivity index (χ0n) is 10.3. The molecule has 2 aromatic rings. The highest BCUT2D eigenvalue weighted by molar-refractivity contribution is 6.30. The van der Waals surface area contributed by atoms with Crippen molar-refractivity contribution in [3.05, 3.63) is 58.9 Å². The number of benzene rings is 1. The quantitative estimate of drug-likeness (QED) is 0.921. The van der Waals surface area contributed by atoms with Gasteiger partial charge in [0.25, 0.3) is 0 Å². The fraction of sp³-hybridized carbons (Fsp3) is 0.286. The van der Waals surface area contributed by atoms with Crippen molar-refractivity contribution >= 4 is 11.6 Å². The van der Waals surface area contributed by atoms with Crippen LogP contribution in [0, 0.1) is 0 Å². The smallest absolute Gasteiger partial charge is 0.0680 e. The van der Waals surface area contributed by atoms with Crippen molar-refractivity contribution in [1.82, 2.24) is 10.2 Å². The number of hydrogen-bond donors (Lipinski definition) is 1. The van der Waals surface area contributed by atoms with Gasteiger partial charge in [0.2, 0.25) is 0 Å². The van der Waals surface area contributed by atoms with Crippen molar-refractivity contribution in [2.75, 3.05) is 0 Å². The number of rotatable bonds is 4. The maximum atomic E-state index is 6.05. The molecule has 0 saturated heterocycles. The molecule has 0 amide bonds. The van der Waals surface area contributed by atoms with Gasteiger partial charge < -0.3 is 5.73 Å². The van der Waals surface area contributed by atoms with E-state index in [1.54, 1.807) is 6.20 Å². The molecule has 0 fully saturated rings. The lowest BCUT2D eigenvalue weighted by Gasteiger charge is -2.19. The second-order valence-electron chi connectivity index (χ2n) is 4.44. The predicted molar refractivity (Wildman–Crippen MR) is 73.6 cm³/mol. The first kappa shape index (κ1) is 13.0. The topological polar surface area (TPSA) is 51.8 Å². The van der Waals surface area contributed by atoms with Crippen molar-refractivity contribution in [3.8, 4) is 0 Å². The van der Waals surface area contributed by atoms with Gasteiger partial charge in [-0.05, 0) is 43.2 Å². The molecule has 18 heavy (non-hydrogen) atoms. The van der Waals surface area contributed by atoms with Crippen molar-refractivity contribution in [2.45, 2.75) is 25.3 Å². The third kappa shape index (κ3) is 3.28. The van der Waals surface area contributed by atoms with Gasteiger partial charge in [-0.15, -0.1) is 0 Å². The lowest BCUT2D eigenvalue weighted by atomic mass is 9.90. The van der Waals surface area contributed by atoms with Crippen LogP contribution in [-0.2, 0) is 6.42 Å². The minimum absolute atomic E-state index is 0.0254. The van der Waals surface area contributed by atoms with Crippen LogP contribution in [0.2, 0.25) is 5.02 Å². The van der Waals surface area contributed by atoms with Crippen molar-refractivity contribution < 1.29 is 0 Å². The molecule has 2 atom stereocenters. The molecule has 94 valence electrons. The normalized spacial score (nSPS) is 14.2. The Balaban J connectivity index is 2.19. The highest BCUT2D eigenvalue weighted by atomic mass is 35.5. The third-order valence-electron chi connectivity index (χ3n) is 2.98. The SMILES string of the molecule is C[C@H](N)[C@H](Cc1ccc(Cl)cc1)c1cccnn1. The summed E-state index contributed by atoms with van der Waals surface area (Å²) >= 11 is 5.88. The first-order chi connectivity index (χ1) is 8.66. The molecule has 2 rings (SSSR count). The monoisotopic (exact) mass is 261 g/mol. The summed E-state index contributed by atoms with van der Waals surface area (Å²) in [6, 6.07) is 11.7. The van der Waals surface area contributed by atoms with E-state index in [2.05, 4.69) is 10.2 Å². The van der Waals surface area contributed by atoms with Crippen LogP contribution >= 0.6 is 11.6 Å². The molecule has 2 N–H and O–H groups in total. The Morgan fingerprint density at radius 1 is 1.22 bits per heavy atom. The minimum Gasteiger partial charge on any atom is -0.327 e. The Morgan fingerprint density at radius 3 is 2.50 bits per heavy atom. The molecule has 0 radical (unpaired) electrons. The zero-order valence-corrected chi connectivity index (χ0v) is 11.0. The van der Waals surface area contributed by atoms with E-state index in [0.29, 0.717) is 0 Å². The number of hydrogen-bond acceptors (Lipinski definition) is 3. The fourth-order valence-corrected chi connectivity index (χ4v) is 2.07. The summed E-state index contributed by atoms with van der Waals surface area (Å²) in [6.07, 6.45) is 2.51. The predicted octanol–water partition coefficient (Wildman–Crippen LogP) is 2.80. The molecular weight excluding hydrogens is 246 g/mol. The Hall–Kier alpha value is -1.45. The van der Waals surface area contributed by atoms with E-state index in [1.165, 1.54) is 5.56 Å². The van der Waals surface area contributed by atoms with E-state index >= 15 is 0 Å². The second-order valence-corrected chi connectivity index (χ2v) is 4.88. The van der Waals surface area contributed by atoms with Gasteiger partial charge in [0.05, 0.1) is 5.69 Å². The summed E-state index contributed by atoms with van der Waals surface area (Å²) in [5.41, 5.74) is 8.19. The van der Waals surface area contributed by atoms with E-state index < -0.39 is 0 Å². The molecular formula is C14H16ClN3. The summed E-state index contributed by atoms with van der Waals surface area (Å²) in [7, 11) is 0. The molecule has 1 heterocycles. The van der Waals surface area contributed by atoms with Crippen LogP contribution in [0.5, 0.6) is 0 Å². The Labute approximate surface area is 112 Å². The van der Waals surface area contributed by atoms with Crippen LogP contribution in [-0.4, -0.2) is 16.2 Å². The van der Waals surface area contributed by atoms with Crippen LogP contribution in [0.1, 0.15) is 24.1 Å². The molecule has 0 bridgehead atoms. The summed E-state index contributed by atoms with van der Waals surface area (Å²) in [5.74, 6) is 0.167. The Morgan fingerprint density at radius 2 is 1.94 bits per heavy atom. The molecule has 0 aliphatic carbocycles. The number of nitrogens with zero attached hydrogens (tertiary/aromatic N) is 2. The van der Waals surface area contributed by atoms with Gasteiger partial charge in [-0.3, -0.25) is 0 Å². The van der Waals surface area contributed by atoms with Crippen molar-refractivity contribution in [3.63, 3.8) is 0 Å². The lowest BCUT2D eigenvalue weighted by Crippen LogP contribution is -2.27. The number of aromatic nitrogens is 2. The minimum atomic E-state index is 0.0254. The largest absolute Gasteiger partial charge is 0.327 e. The average Bonchev–Trinajstić information content (AvgIpc) is 2.38. The summed E-state index contributed by atoms with van der Waals surface area (Å²) in [6.45, 7) is 2.00. The first-order valence-electron chi connectivity index (χ1n) is 5.94. The van der Waals surface area contributed by atoms with E-state index in [1.807, 2.05) is 43.3 Å². The molecule has 0 aliphatic heterocycles. The Bertz CT molecular complexity index is 482. The second kappa shape index (κ2) is 5.94. The molecule has 4 heteroatoms. The summed E-state index contributed by atoms with van der Waals surface area (Å²) < 4.78 is 0.